The molecule has 1 heterocycles. The summed E-state index contributed by atoms with van der Waals surface area (Å²) in [6.45, 7) is 5.09. The minimum atomic E-state index is 0.352. The van der Waals surface area contributed by atoms with Gasteiger partial charge in [-0.3, -0.25) is 4.79 Å². The number of amides is 1. The Morgan fingerprint density at radius 2 is 2.36 bits per heavy atom. The molecule has 1 fully saturated rings. The standard InChI is InChI=1S/C11H22N2O/c1-3-4-5-11(14)13-7-6-10(9-13)8-12-2/h10,12H,3-9H2,1-2H3. The fourth-order valence-electron chi connectivity index (χ4n) is 2.00. The van der Waals surface area contributed by atoms with Crippen LogP contribution in [0.5, 0.6) is 0 Å². The fourth-order valence-corrected chi connectivity index (χ4v) is 2.00. The Morgan fingerprint density at radius 3 is 3.00 bits per heavy atom. The van der Waals surface area contributed by atoms with E-state index in [1.54, 1.807) is 0 Å². The molecule has 0 aliphatic carbocycles. The third-order valence-corrected chi connectivity index (χ3v) is 2.88. The second-order valence-electron chi connectivity index (χ2n) is 4.16. The highest BCUT2D eigenvalue weighted by Gasteiger charge is 2.24. The van der Waals surface area contributed by atoms with E-state index in [0.29, 0.717) is 11.8 Å². The molecule has 82 valence electrons. The summed E-state index contributed by atoms with van der Waals surface area (Å²) in [5.74, 6) is 1.02. The minimum Gasteiger partial charge on any atom is -0.342 e. The molecule has 3 heteroatoms. The number of nitrogens with one attached hydrogen (secondary N) is 1. The van der Waals surface area contributed by atoms with Gasteiger partial charge in [-0.1, -0.05) is 13.3 Å². The van der Waals surface area contributed by atoms with E-state index in [2.05, 4.69) is 12.2 Å². The van der Waals surface area contributed by atoms with Gasteiger partial charge in [0.15, 0.2) is 0 Å². The molecule has 1 aliphatic rings. The van der Waals surface area contributed by atoms with Crippen molar-refractivity contribution in [1.82, 2.24) is 10.2 Å². The van der Waals surface area contributed by atoms with E-state index in [4.69, 9.17) is 0 Å². The number of nitrogens with zero attached hydrogens (tertiary/aromatic N) is 1. The van der Waals surface area contributed by atoms with E-state index in [1.165, 1.54) is 6.42 Å². The number of rotatable bonds is 5. The van der Waals surface area contributed by atoms with Gasteiger partial charge in [-0.2, -0.15) is 0 Å². The molecule has 0 bridgehead atoms. The summed E-state index contributed by atoms with van der Waals surface area (Å²) in [5.41, 5.74) is 0. The summed E-state index contributed by atoms with van der Waals surface area (Å²) in [6, 6.07) is 0. The fraction of sp³-hybridized carbons (Fsp3) is 0.909. The van der Waals surface area contributed by atoms with E-state index in [0.717, 1.165) is 38.9 Å². The Morgan fingerprint density at radius 1 is 1.57 bits per heavy atom. The molecule has 1 atom stereocenters. The number of hydrogen-bond donors (Lipinski definition) is 1. The molecule has 1 N–H and O–H groups in total. The van der Waals surface area contributed by atoms with Crippen LogP contribution in [0, 0.1) is 5.92 Å². The molecule has 0 aromatic carbocycles. The van der Waals surface area contributed by atoms with Crippen molar-refractivity contribution < 1.29 is 4.79 Å². The maximum atomic E-state index is 11.7. The molecule has 0 radical (unpaired) electrons. The molecule has 0 aromatic rings. The average molecular weight is 198 g/mol. The first-order valence-electron chi connectivity index (χ1n) is 5.70. The lowest BCUT2D eigenvalue weighted by Gasteiger charge is -2.16. The summed E-state index contributed by atoms with van der Waals surface area (Å²) in [7, 11) is 1.97. The molecule has 0 saturated carbocycles. The first-order valence-corrected chi connectivity index (χ1v) is 5.70. The molecule has 3 nitrogen and oxygen atoms in total. The van der Waals surface area contributed by atoms with Crippen LogP contribution in [-0.4, -0.2) is 37.5 Å². The van der Waals surface area contributed by atoms with Crippen LogP contribution < -0.4 is 5.32 Å². The van der Waals surface area contributed by atoms with E-state index in [-0.39, 0.29) is 0 Å². The Kier molecular flexibility index (Phi) is 4.94. The smallest absolute Gasteiger partial charge is 0.222 e. The van der Waals surface area contributed by atoms with Gasteiger partial charge in [0.1, 0.15) is 0 Å². The quantitative estimate of drug-likeness (QED) is 0.721. The van der Waals surface area contributed by atoms with Gasteiger partial charge in [0.05, 0.1) is 0 Å². The van der Waals surface area contributed by atoms with Crippen LogP contribution in [0.25, 0.3) is 0 Å². The Balaban J connectivity index is 2.23. The molecule has 1 amide bonds. The molecule has 1 rings (SSSR count). The van der Waals surface area contributed by atoms with Crippen LogP contribution in [-0.2, 0) is 4.79 Å². The molecule has 0 spiro atoms. The number of likely N-dealkylation sites (tertiary alicyclic amines) is 1. The third-order valence-electron chi connectivity index (χ3n) is 2.88. The zero-order valence-electron chi connectivity index (χ0n) is 9.38. The lowest BCUT2D eigenvalue weighted by Crippen LogP contribution is -2.30. The summed E-state index contributed by atoms with van der Waals surface area (Å²) in [4.78, 5) is 13.7. The molecule has 1 aliphatic heterocycles. The molecular weight excluding hydrogens is 176 g/mol. The second-order valence-corrected chi connectivity index (χ2v) is 4.16. The molecule has 14 heavy (non-hydrogen) atoms. The zero-order chi connectivity index (χ0) is 10.4. The van der Waals surface area contributed by atoms with E-state index in [1.807, 2.05) is 11.9 Å². The number of unbranched alkanes of at least 4 members (excludes halogenated alkanes) is 1. The van der Waals surface area contributed by atoms with Gasteiger partial charge in [0, 0.05) is 19.5 Å². The van der Waals surface area contributed by atoms with Crippen molar-refractivity contribution in [3.63, 3.8) is 0 Å². The van der Waals surface area contributed by atoms with E-state index >= 15 is 0 Å². The number of carbonyl (C=O) groups is 1. The topological polar surface area (TPSA) is 32.3 Å². The average Bonchev–Trinajstić information content (AvgIpc) is 2.63. The Labute approximate surface area is 86.9 Å². The first kappa shape index (κ1) is 11.5. The maximum absolute atomic E-state index is 11.7. The van der Waals surface area contributed by atoms with Crippen molar-refractivity contribution in [1.29, 1.82) is 0 Å². The maximum Gasteiger partial charge on any atom is 0.222 e. The Bertz CT molecular complexity index is 182. The molecule has 0 aromatic heterocycles. The summed E-state index contributed by atoms with van der Waals surface area (Å²) >= 11 is 0. The van der Waals surface area contributed by atoms with Crippen molar-refractivity contribution in [3.8, 4) is 0 Å². The number of hydrogen-bond acceptors (Lipinski definition) is 2. The largest absolute Gasteiger partial charge is 0.342 e. The van der Waals surface area contributed by atoms with Crippen LogP contribution in [0.3, 0.4) is 0 Å². The highest BCUT2D eigenvalue weighted by molar-refractivity contribution is 5.76. The molecule has 1 saturated heterocycles. The van der Waals surface area contributed by atoms with Crippen molar-refractivity contribution in [2.24, 2.45) is 5.92 Å². The zero-order valence-corrected chi connectivity index (χ0v) is 9.38. The molecule has 1 unspecified atom stereocenters. The van der Waals surface area contributed by atoms with Crippen molar-refractivity contribution in [3.05, 3.63) is 0 Å². The SMILES string of the molecule is CCCCC(=O)N1CCC(CNC)C1. The van der Waals surface area contributed by atoms with Crippen molar-refractivity contribution in [2.75, 3.05) is 26.7 Å². The third kappa shape index (κ3) is 3.29. The van der Waals surface area contributed by atoms with Gasteiger partial charge in [-0.05, 0) is 32.4 Å². The first-order chi connectivity index (χ1) is 6.77. The predicted octanol–water partition coefficient (Wildman–Crippen LogP) is 1.24. The predicted molar refractivity (Wildman–Crippen MR) is 58.1 cm³/mol. The second kappa shape index (κ2) is 6.02. The van der Waals surface area contributed by atoms with Gasteiger partial charge in [-0.15, -0.1) is 0 Å². The minimum absolute atomic E-state index is 0.352. The van der Waals surface area contributed by atoms with Crippen LogP contribution in [0.1, 0.15) is 32.6 Å². The van der Waals surface area contributed by atoms with Gasteiger partial charge < -0.3 is 10.2 Å². The van der Waals surface area contributed by atoms with Gasteiger partial charge in [-0.25, -0.2) is 0 Å². The summed E-state index contributed by atoms with van der Waals surface area (Å²) in [5, 5.41) is 3.17. The van der Waals surface area contributed by atoms with Crippen molar-refractivity contribution in [2.45, 2.75) is 32.6 Å². The monoisotopic (exact) mass is 198 g/mol. The van der Waals surface area contributed by atoms with Crippen LogP contribution in [0.4, 0.5) is 0 Å². The van der Waals surface area contributed by atoms with Crippen LogP contribution in [0.15, 0.2) is 0 Å². The van der Waals surface area contributed by atoms with Gasteiger partial charge in [0.2, 0.25) is 5.91 Å². The molecular formula is C11H22N2O. The van der Waals surface area contributed by atoms with E-state index < -0.39 is 0 Å². The summed E-state index contributed by atoms with van der Waals surface area (Å²) < 4.78 is 0. The van der Waals surface area contributed by atoms with Gasteiger partial charge in [0.25, 0.3) is 0 Å². The Hall–Kier alpha value is -0.570. The summed E-state index contributed by atoms with van der Waals surface area (Å²) in [6.07, 6.45) is 4.05. The normalized spacial score (nSPS) is 21.6. The lowest BCUT2D eigenvalue weighted by molar-refractivity contribution is -0.130. The highest BCUT2D eigenvalue weighted by atomic mass is 16.2. The van der Waals surface area contributed by atoms with Crippen molar-refractivity contribution >= 4 is 5.91 Å². The highest BCUT2D eigenvalue weighted by Crippen LogP contribution is 2.16. The van der Waals surface area contributed by atoms with Gasteiger partial charge >= 0.3 is 0 Å². The van der Waals surface area contributed by atoms with E-state index in [9.17, 15) is 4.79 Å². The lowest BCUT2D eigenvalue weighted by atomic mass is 10.1. The van der Waals surface area contributed by atoms with Crippen LogP contribution in [0.2, 0.25) is 0 Å². The van der Waals surface area contributed by atoms with Crippen LogP contribution >= 0.6 is 0 Å². The number of carbonyl (C=O) groups excluding carboxylic acids is 1.